The average molecular weight is 732 g/mol. The average Bonchev–Trinajstić information content (AvgIpc) is 3.60. The van der Waals surface area contributed by atoms with E-state index in [1.807, 2.05) is 85.2 Å². The summed E-state index contributed by atoms with van der Waals surface area (Å²) < 4.78 is 2.38. The molecule has 0 aliphatic carbocycles. The number of nitrogens with zero attached hydrogens (tertiary/aromatic N) is 5. The monoisotopic (exact) mass is 731 g/mol. The molecule has 0 fully saturated rings. The minimum absolute atomic E-state index is 0.594. The van der Waals surface area contributed by atoms with Gasteiger partial charge in [-0.25, -0.2) is 15.0 Å². The second-order valence-corrected chi connectivity index (χ2v) is 14.5. The second-order valence-electron chi connectivity index (χ2n) is 14.5. The Morgan fingerprint density at radius 1 is 0.351 bits per heavy atom. The van der Waals surface area contributed by atoms with Crippen molar-refractivity contribution in [3.8, 4) is 73.2 Å². The molecular weight excluding hydrogens is 695 g/mol. The molecule has 270 valence electrons. The predicted octanol–water partition coefficient (Wildman–Crippen LogP) is 13.0. The molecule has 10 aromatic rings. The van der Waals surface area contributed by atoms with Gasteiger partial charge in [0.25, 0.3) is 0 Å². The summed E-state index contributed by atoms with van der Waals surface area (Å²) in [5.41, 5.74) is 15.2. The summed E-state index contributed by atoms with van der Waals surface area (Å²) >= 11 is 0. The highest BCUT2D eigenvalue weighted by atomic mass is 15.1. The van der Waals surface area contributed by atoms with Crippen molar-refractivity contribution in [3.05, 3.63) is 199 Å². The fourth-order valence-corrected chi connectivity index (χ4v) is 7.85. The maximum Gasteiger partial charge on any atom is 0.166 e. The summed E-state index contributed by atoms with van der Waals surface area (Å²) in [5, 5.41) is 2.35. The van der Waals surface area contributed by atoms with Gasteiger partial charge in [-0.15, -0.1) is 0 Å². The van der Waals surface area contributed by atoms with Gasteiger partial charge in [0.05, 0.1) is 16.7 Å². The smallest absolute Gasteiger partial charge is 0.166 e. The number of benzene rings is 7. The molecule has 0 aliphatic heterocycles. The van der Waals surface area contributed by atoms with Crippen molar-refractivity contribution < 1.29 is 0 Å². The Morgan fingerprint density at radius 3 is 1.33 bits per heavy atom. The van der Waals surface area contributed by atoms with Crippen LogP contribution < -0.4 is 0 Å². The Morgan fingerprint density at radius 2 is 0.807 bits per heavy atom. The van der Waals surface area contributed by atoms with Gasteiger partial charge in [0, 0.05) is 39.9 Å². The van der Waals surface area contributed by atoms with Gasteiger partial charge in [-0.1, -0.05) is 139 Å². The fraction of sp³-hybridized carbons (Fsp3) is 0.0385. The van der Waals surface area contributed by atoms with Crippen LogP contribution in [-0.2, 0) is 0 Å². The molecule has 7 aromatic carbocycles. The van der Waals surface area contributed by atoms with E-state index in [0.717, 1.165) is 44.5 Å². The molecule has 3 heterocycles. The molecular formula is C52H37N5. The van der Waals surface area contributed by atoms with Crippen LogP contribution in [0.25, 0.3) is 95.0 Å². The number of rotatable bonds is 7. The van der Waals surface area contributed by atoms with Gasteiger partial charge < -0.3 is 4.57 Å². The van der Waals surface area contributed by atoms with Crippen molar-refractivity contribution in [1.29, 1.82) is 0 Å². The SMILES string of the molecule is Cc1cccc(-c2ccc3c(c2)c2cc(-c4cccc(C)c4)ccc2n3-c2ccc(-c3ccncc3)cc2-c2nc(-c3ccccc3)nc(-c3ccccc3)n2)c1. The van der Waals surface area contributed by atoms with Gasteiger partial charge in [0.15, 0.2) is 17.5 Å². The topological polar surface area (TPSA) is 56.5 Å². The Bertz CT molecular complexity index is 2920. The van der Waals surface area contributed by atoms with Gasteiger partial charge in [0.2, 0.25) is 0 Å². The van der Waals surface area contributed by atoms with Crippen LogP contribution in [0.4, 0.5) is 0 Å². The van der Waals surface area contributed by atoms with E-state index < -0.39 is 0 Å². The minimum Gasteiger partial charge on any atom is -0.308 e. The summed E-state index contributed by atoms with van der Waals surface area (Å²) in [6.07, 6.45) is 3.66. The Hall–Kier alpha value is -7.50. The molecule has 0 saturated heterocycles. The highest BCUT2D eigenvalue weighted by Gasteiger charge is 2.21. The van der Waals surface area contributed by atoms with E-state index in [2.05, 4.69) is 127 Å². The van der Waals surface area contributed by atoms with Crippen molar-refractivity contribution in [1.82, 2.24) is 24.5 Å². The lowest BCUT2D eigenvalue weighted by Gasteiger charge is -2.16. The second kappa shape index (κ2) is 14.3. The lowest BCUT2D eigenvalue weighted by Crippen LogP contribution is -2.04. The molecule has 3 aromatic heterocycles. The van der Waals surface area contributed by atoms with Crippen molar-refractivity contribution in [3.63, 3.8) is 0 Å². The van der Waals surface area contributed by atoms with Crippen molar-refractivity contribution in [2.75, 3.05) is 0 Å². The molecule has 0 bridgehead atoms. The number of pyridine rings is 1. The zero-order chi connectivity index (χ0) is 38.3. The first kappa shape index (κ1) is 34.0. The van der Waals surface area contributed by atoms with Crippen molar-refractivity contribution >= 4 is 21.8 Å². The normalized spacial score (nSPS) is 11.3. The molecule has 0 N–H and O–H groups in total. The first-order valence-electron chi connectivity index (χ1n) is 19.2. The van der Waals surface area contributed by atoms with Gasteiger partial charge in [0.1, 0.15) is 0 Å². The third-order valence-corrected chi connectivity index (χ3v) is 10.7. The van der Waals surface area contributed by atoms with Crippen LogP contribution in [0.5, 0.6) is 0 Å². The standard InChI is InChI=1S/C52H37N5/c1-34-11-9-17-39(29-34)42-20-22-47-44(31-42)45-32-43(40-18-10-12-35(2)30-40)21-23-48(45)57(47)49-24-19-41(36-25-27-53-28-26-36)33-46(49)52-55-50(37-13-5-3-6-14-37)54-51(56-52)38-15-7-4-8-16-38/h3-33H,1-2H3. The maximum absolute atomic E-state index is 5.24. The van der Waals surface area contributed by atoms with Crippen LogP contribution in [-0.4, -0.2) is 24.5 Å². The van der Waals surface area contributed by atoms with E-state index >= 15 is 0 Å². The van der Waals surface area contributed by atoms with E-state index in [4.69, 9.17) is 15.0 Å². The summed E-state index contributed by atoms with van der Waals surface area (Å²) in [5.74, 6) is 1.83. The lowest BCUT2D eigenvalue weighted by molar-refractivity contribution is 1.06. The van der Waals surface area contributed by atoms with Crippen LogP contribution >= 0.6 is 0 Å². The van der Waals surface area contributed by atoms with E-state index in [9.17, 15) is 0 Å². The maximum atomic E-state index is 5.24. The Kier molecular flexibility index (Phi) is 8.53. The molecule has 5 nitrogen and oxygen atoms in total. The first-order valence-corrected chi connectivity index (χ1v) is 19.2. The molecule has 0 atom stereocenters. The van der Waals surface area contributed by atoms with Gasteiger partial charge in [-0.3, -0.25) is 4.98 Å². The van der Waals surface area contributed by atoms with Gasteiger partial charge >= 0.3 is 0 Å². The zero-order valence-electron chi connectivity index (χ0n) is 31.6. The molecule has 0 amide bonds. The van der Waals surface area contributed by atoms with E-state index in [1.54, 1.807) is 0 Å². The summed E-state index contributed by atoms with van der Waals surface area (Å²) in [4.78, 5) is 19.8. The van der Waals surface area contributed by atoms with E-state index in [-0.39, 0.29) is 0 Å². The molecule has 0 radical (unpaired) electrons. The molecule has 0 unspecified atom stereocenters. The molecule has 5 heteroatoms. The molecule has 0 spiro atoms. The largest absolute Gasteiger partial charge is 0.308 e. The van der Waals surface area contributed by atoms with Gasteiger partial charge in [-0.05, 0) is 95.8 Å². The summed E-state index contributed by atoms with van der Waals surface area (Å²) in [6, 6.07) is 62.1. The van der Waals surface area contributed by atoms with Crippen LogP contribution in [0.1, 0.15) is 11.1 Å². The molecule has 0 aliphatic rings. The third-order valence-electron chi connectivity index (χ3n) is 10.7. The first-order chi connectivity index (χ1) is 28.1. The highest BCUT2D eigenvalue weighted by molar-refractivity contribution is 6.12. The Labute approximate surface area is 331 Å². The number of hydrogen-bond donors (Lipinski definition) is 0. The predicted molar refractivity (Wildman–Crippen MR) is 234 cm³/mol. The minimum atomic E-state index is 0.594. The van der Waals surface area contributed by atoms with Gasteiger partial charge in [-0.2, -0.15) is 0 Å². The van der Waals surface area contributed by atoms with Crippen LogP contribution in [0, 0.1) is 13.8 Å². The van der Waals surface area contributed by atoms with E-state index in [1.165, 1.54) is 44.2 Å². The van der Waals surface area contributed by atoms with E-state index in [0.29, 0.717) is 17.5 Å². The molecule has 10 rings (SSSR count). The fourth-order valence-electron chi connectivity index (χ4n) is 7.85. The number of aryl methyl sites for hydroxylation is 2. The van der Waals surface area contributed by atoms with Crippen molar-refractivity contribution in [2.45, 2.75) is 13.8 Å². The quantitative estimate of drug-likeness (QED) is 0.164. The van der Waals surface area contributed by atoms with Crippen molar-refractivity contribution in [2.24, 2.45) is 0 Å². The number of hydrogen-bond acceptors (Lipinski definition) is 4. The summed E-state index contributed by atoms with van der Waals surface area (Å²) in [7, 11) is 0. The highest BCUT2D eigenvalue weighted by Crippen LogP contribution is 2.41. The number of fused-ring (bicyclic) bond motifs is 3. The molecule has 0 saturated carbocycles. The lowest BCUT2D eigenvalue weighted by atomic mass is 9.99. The molecule has 57 heavy (non-hydrogen) atoms. The van der Waals surface area contributed by atoms with Crippen LogP contribution in [0.3, 0.4) is 0 Å². The van der Waals surface area contributed by atoms with Crippen LogP contribution in [0.15, 0.2) is 188 Å². The summed E-state index contributed by atoms with van der Waals surface area (Å²) in [6.45, 7) is 4.29. The third kappa shape index (κ3) is 6.45. The van der Waals surface area contributed by atoms with Crippen LogP contribution in [0.2, 0.25) is 0 Å². The zero-order valence-corrected chi connectivity index (χ0v) is 31.6. The Balaban J connectivity index is 1.27. The number of aromatic nitrogens is 5.